The lowest BCUT2D eigenvalue weighted by atomic mass is 10.00. The highest BCUT2D eigenvalue weighted by Gasteiger charge is 2.14. The normalized spacial score (nSPS) is 12.4. The lowest BCUT2D eigenvalue weighted by Crippen LogP contribution is -2.29. The van der Waals surface area contributed by atoms with Crippen molar-refractivity contribution in [3.05, 3.63) is 29.8 Å². The van der Waals surface area contributed by atoms with Crippen molar-refractivity contribution in [1.82, 2.24) is 10.2 Å². The highest BCUT2D eigenvalue weighted by molar-refractivity contribution is 5.83. The highest BCUT2D eigenvalue weighted by Crippen LogP contribution is 2.17. The second kappa shape index (κ2) is 7.79. The van der Waals surface area contributed by atoms with E-state index in [9.17, 15) is 4.79 Å². The Morgan fingerprint density at radius 1 is 1.37 bits per heavy atom. The molecule has 0 fully saturated rings. The van der Waals surface area contributed by atoms with E-state index in [1.165, 1.54) is 0 Å². The van der Waals surface area contributed by atoms with Gasteiger partial charge in [-0.25, -0.2) is 0 Å². The molecule has 0 aliphatic heterocycles. The van der Waals surface area contributed by atoms with Crippen molar-refractivity contribution >= 4 is 11.6 Å². The molecule has 0 aliphatic rings. The average Bonchev–Trinajstić information content (AvgIpc) is 2.36. The number of nitrogen functional groups attached to an aromatic ring is 1. The number of benzene rings is 1. The lowest BCUT2D eigenvalue weighted by molar-refractivity contribution is -0.122. The number of rotatable bonds is 7. The van der Waals surface area contributed by atoms with E-state index in [-0.39, 0.29) is 11.8 Å². The summed E-state index contributed by atoms with van der Waals surface area (Å²) in [6.45, 7) is 3.70. The van der Waals surface area contributed by atoms with Gasteiger partial charge in [-0.1, -0.05) is 12.1 Å². The second-order valence-electron chi connectivity index (χ2n) is 5.19. The molecule has 0 aromatic heterocycles. The monoisotopic (exact) mass is 263 g/mol. The van der Waals surface area contributed by atoms with Gasteiger partial charge in [-0.3, -0.25) is 4.79 Å². The van der Waals surface area contributed by atoms with Crippen LogP contribution in [-0.4, -0.2) is 38.0 Å². The Morgan fingerprint density at radius 3 is 2.74 bits per heavy atom. The van der Waals surface area contributed by atoms with Crippen LogP contribution in [0.2, 0.25) is 0 Å². The summed E-state index contributed by atoms with van der Waals surface area (Å²) >= 11 is 0. The molecular formula is C15H25N3O. The van der Waals surface area contributed by atoms with Gasteiger partial charge in [0.05, 0.1) is 5.92 Å². The van der Waals surface area contributed by atoms with Crippen LogP contribution >= 0.6 is 0 Å². The lowest BCUT2D eigenvalue weighted by Gasteiger charge is -2.13. The number of nitrogens with two attached hydrogens (primary N) is 1. The van der Waals surface area contributed by atoms with Crippen LogP contribution in [-0.2, 0) is 4.79 Å². The number of hydrogen-bond donors (Lipinski definition) is 2. The molecule has 0 spiro atoms. The van der Waals surface area contributed by atoms with Crippen LogP contribution < -0.4 is 11.1 Å². The summed E-state index contributed by atoms with van der Waals surface area (Å²) in [6.07, 6.45) is 2.10. The fourth-order valence-corrected chi connectivity index (χ4v) is 1.90. The summed E-state index contributed by atoms with van der Waals surface area (Å²) in [7, 11) is 4.11. The Kier molecular flexibility index (Phi) is 6.36. The minimum absolute atomic E-state index is 0.0652. The van der Waals surface area contributed by atoms with E-state index in [4.69, 9.17) is 5.73 Å². The molecule has 1 amide bonds. The van der Waals surface area contributed by atoms with E-state index in [1.807, 2.05) is 31.2 Å². The molecule has 4 nitrogen and oxygen atoms in total. The van der Waals surface area contributed by atoms with Crippen LogP contribution in [0.15, 0.2) is 24.3 Å². The maximum Gasteiger partial charge on any atom is 0.227 e. The first-order valence-corrected chi connectivity index (χ1v) is 6.78. The van der Waals surface area contributed by atoms with Crippen molar-refractivity contribution in [2.75, 3.05) is 32.9 Å². The standard InChI is InChI=1S/C15H25N3O/c1-12(13-7-6-8-14(16)11-13)15(19)17-9-4-5-10-18(2)3/h6-8,11-12H,4-5,9-10,16H2,1-3H3,(H,17,19). The molecule has 0 aliphatic carbocycles. The zero-order chi connectivity index (χ0) is 14.3. The average molecular weight is 263 g/mol. The molecule has 0 saturated carbocycles. The summed E-state index contributed by atoms with van der Waals surface area (Å²) in [4.78, 5) is 14.1. The van der Waals surface area contributed by atoms with Gasteiger partial charge in [0.25, 0.3) is 0 Å². The van der Waals surface area contributed by atoms with Crippen molar-refractivity contribution in [1.29, 1.82) is 0 Å². The van der Waals surface area contributed by atoms with Crippen molar-refractivity contribution in [2.24, 2.45) is 0 Å². The number of carbonyl (C=O) groups excluding carboxylic acids is 1. The van der Waals surface area contributed by atoms with Gasteiger partial charge in [-0.2, -0.15) is 0 Å². The summed E-state index contributed by atoms with van der Waals surface area (Å²) in [5, 5.41) is 2.98. The third-order valence-corrected chi connectivity index (χ3v) is 3.14. The predicted molar refractivity (Wildman–Crippen MR) is 80.1 cm³/mol. The first-order valence-electron chi connectivity index (χ1n) is 6.78. The van der Waals surface area contributed by atoms with Crippen LogP contribution in [0.25, 0.3) is 0 Å². The Labute approximate surface area is 116 Å². The molecule has 4 heteroatoms. The van der Waals surface area contributed by atoms with E-state index < -0.39 is 0 Å². The summed E-state index contributed by atoms with van der Waals surface area (Å²) in [5.74, 6) is -0.0900. The molecular weight excluding hydrogens is 238 g/mol. The predicted octanol–water partition coefficient (Wildman–Crippen LogP) is 1.83. The topological polar surface area (TPSA) is 58.4 Å². The molecule has 0 radical (unpaired) electrons. The van der Waals surface area contributed by atoms with Crippen LogP contribution in [0, 0.1) is 0 Å². The van der Waals surface area contributed by atoms with Crippen molar-refractivity contribution in [3.63, 3.8) is 0 Å². The quantitative estimate of drug-likeness (QED) is 0.583. The molecule has 0 saturated heterocycles. The molecule has 1 aromatic rings. The van der Waals surface area contributed by atoms with E-state index in [2.05, 4.69) is 24.3 Å². The van der Waals surface area contributed by atoms with Crippen LogP contribution in [0.3, 0.4) is 0 Å². The molecule has 0 bridgehead atoms. The van der Waals surface area contributed by atoms with Gasteiger partial charge < -0.3 is 16.0 Å². The van der Waals surface area contributed by atoms with Gasteiger partial charge in [0.15, 0.2) is 0 Å². The number of amides is 1. The smallest absolute Gasteiger partial charge is 0.227 e. The van der Waals surface area contributed by atoms with Gasteiger partial charge in [0, 0.05) is 12.2 Å². The fourth-order valence-electron chi connectivity index (χ4n) is 1.90. The Balaban J connectivity index is 2.33. The Morgan fingerprint density at radius 2 is 2.11 bits per heavy atom. The molecule has 1 rings (SSSR count). The van der Waals surface area contributed by atoms with E-state index in [0.717, 1.165) is 31.5 Å². The summed E-state index contributed by atoms with van der Waals surface area (Å²) < 4.78 is 0. The number of nitrogens with zero attached hydrogens (tertiary/aromatic N) is 1. The second-order valence-corrected chi connectivity index (χ2v) is 5.19. The molecule has 0 heterocycles. The maximum absolute atomic E-state index is 12.0. The summed E-state index contributed by atoms with van der Waals surface area (Å²) in [6, 6.07) is 7.50. The number of unbranched alkanes of at least 4 members (excludes halogenated alkanes) is 1. The van der Waals surface area contributed by atoms with Gasteiger partial charge in [-0.05, 0) is 58.1 Å². The first kappa shape index (κ1) is 15.5. The van der Waals surface area contributed by atoms with Crippen LogP contribution in [0.1, 0.15) is 31.2 Å². The van der Waals surface area contributed by atoms with Crippen molar-refractivity contribution in [2.45, 2.75) is 25.7 Å². The molecule has 19 heavy (non-hydrogen) atoms. The minimum Gasteiger partial charge on any atom is -0.399 e. The SMILES string of the molecule is CC(C(=O)NCCCCN(C)C)c1cccc(N)c1. The van der Waals surface area contributed by atoms with Crippen LogP contribution in [0.4, 0.5) is 5.69 Å². The molecule has 1 atom stereocenters. The van der Waals surface area contributed by atoms with E-state index in [0.29, 0.717) is 5.69 Å². The zero-order valence-electron chi connectivity index (χ0n) is 12.1. The van der Waals surface area contributed by atoms with Gasteiger partial charge in [0.1, 0.15) is 0 Å². The van der Waals surface area contributed by atoms with E-state index >= 15 is 0 Å². The largest absolute Gasteiger partial charge is 0.399 e. The molecule has 3 N–H and O–H groups in total. The fraction of sp³-hybridized carbons (Fsp3) is 0.533. The zero-order valence-corrected chi connectivity index (χ0v) is 12.1. The number of anilines is 1. The van der Waals surface area contributed by atoms with Crippen molar-refractivity contribution < 1.29 is 4.79 Å². The third-order valence-electron chi connectivity index (χ3n) is 3.14. The Hall–Kier alpha value is -1.55. The molecule has 106 valence electrons. The highest BCUT2D eigenvalue weighted by atomic mass is 16.1. The Bertz CT molecular complexity index is 404. The minimum atomic E-state index is -0.155. The number of nitrogens with one attached hydrogen (secondary N) is 1. The van der Waals surface area contributed by atoms with Crippen molar-refractivity contribution in [3.8, 4) is 0 Å². The summed E-state index contributed by atoms with van der Waals surface area (Å²) in [5.41, 5.74) is 7.39. The van der Waals surface area contributed by atoms with E-state index in [1.54, 1.807) is 0 Å². The first-order chi connectivity index (χ1) is 9.00. The number of hydrogen-bond acceptors (Lipinski definition) is 3. The molecule has 1 aromatic carbocycles. The van der Waals surface area contributed by atoms with Gasteiger partial charge >= 0.3 is 0 Å². The van der Waals surface area contributed by atoms with Gasteiger partial charge in [0.2, 0.25) is 5.91 Å². The third kappa shape index (κ3) is 5.75. The van der Waals surface area contributed by atoms with Crippen LogP contribution in [0.5, 0.6) is 0 Å². The molecule has 1 unspecified atom stereocenters. The van der Waals surface area contributed by atoms with Gasteiger partial charge in [-0.15, -0.1) is 0 Å². The maximum atomic E-state index is 12.0. The number of carbonyl (C=O) groups is 1.